The van der Waals surface area contributed by atoms with E-state index in [1.54, 1.807) is 12.1 Å². The SMILES string of the molecule is CC(C)C(C)NS(=O)(=O)c1cc(CNC2CC2)ccc1Br. The molecule has 0 bridgehead atoms. The van der Waals surface area contributed by atoms with Crippen molar-refractivity contribution < 1.29 is 8.42 Å². The summed E-state index contributed by atoms with van der Waals surface area (Å²) in [5, 5.41) is 3.40. The van der Waals surface area contributed by atoms with Gasteiger partial charge in [0.05, 0.1) is 4.90 Å². The zero-order valence-electron chi connectivity index (χ0n) is 12.7. The number of halogens is 1. The third kappa shape index (κ3) is 4.77. The van der Waals surface area contributed by atoms with Crippen LogP contribution < -0.4 is 10.0 Å². The molecule has 0 radical (unpaired) electrons. The quantitative estimate of drug-likeness (QED) is 0.770. The van der Waals surface area contributed by atoms with Crippen LogP contribution in [0.3, 0.4) is 0 Å². The van der Waals surface area contributed by atoms with Crippen molar-refractivity contribution in [2.75, 3.05) is 0 Å². The number of benzene rings is 1. The maximum absolute atomic E-state index is 12.5. The van der Waals surface area contributed by atoms with Crippen molar-refractivity contribution in [3.05, 3.63) is 28.2 Å². The van der Waals surface area contributed by atoms with Crippen LogP contribution in [-0.4, -0.2) is 20.5 Å². The first-order valence-corrected chi connectivity index (χ1v) is 9.61. The van der Waals surface area contributed by atoms with Gasteiger partial charge in [0.1, 0.15) is 0 Å². The van der Waals surface area contributed by atoms with Crippen LogP contribution in [-0.2, 0) is 16.6 Å². The predicted molar refractivity (Wildman–Crippen MR) is 88.6 cm³/mol. The Bertz CT molecular complexity index is 598. The lowest BCUT2D eigenvalue weighted by atomic mass is 10.1. The van der Waals surface area contributed by atoms with Crippen LogP contribution in [0.4, 0.5) is 0 Å². The first-order valence-electron chi connectivity index (χ1n) is 7.33. The zero-order valence-corrected chi connectivity index (χ0v) is 15.1. The molecule has 0 amide bonds. The van der Waals surface area contributed by atoms with Crippen LogP contribution in [0.1, 0.15) is 39.2 Å². The summed E-state index contributed by atoms with van der Waals surface area (Å²) in [5.74, 6) is 0.248. The minimum absolute atomic E-state index is 0.102. The summed E-state index contributed by atoms with van der Waals surface area (Å²) in [4.78, 5) is 0.310. The second-order valence-corrected chi connectivity index (χ2v) is 8.61. The first kappa shape index (κ1) is 16.9. The Hall–Kier alpha value is -0.430. The van der Waals surface area contributed by atoms with Crippen LogP contribution in [0.25, 0.3) is 0 Å². The minimum Gasteiger partial charge on any atom is -0.310 e. The summed E-state index contributed by atoms with van der Waals surface area (Å²) in [7, 11) is -3.51. The lowest BCUT2D eigenvalue weighted by molar-refractivity contribution is 0.476. The number of hydrogen-bond acceptors (Lipinski definition) is 3. The van der Waals surface area contributed by atoms with Crippen molar-refractivity contribution in [1.29, 1.82) is 0 Å². The molecule has 1 atom stereocenters. The molecule has 0 spiro atoms. The Balaban J connectivity index is 2.17. The molecular weight excluding hydrogens is 352 g/mol. The Morgan fingerprint density at radius 2 is 1.95 bits per heavy atom. The summed E-state index contributed by atoms with van der Waals surface area (Å²) in [6.07, 6.45) is 2.43. The van der Waals surface area contributed by atoms with E-state index in [0.29, 0.717) is 22.0 Å². The van der Waals surface area contributed by atoms with E-state index in [0.717, 1.165) is 5.56 Å². The summed E-state index contributed by atoms with van der Waals surface area (Å²) in [5.41, 5.74) is 0.989. The van der Waals surface area contributed by atoms with Crippen molar-refractivity contribution in [2.45, 2.75) is 57.1 Å². The van der Waals surface area contributed by atoms with E-state index in [1.165, 1.54) is 12.8 Å². The Labute approximate surface area is 135 Å². The highest BCUT2D eigenvalue weighted by Crippen LogP contribution is 2.25. The number of hydrogen-bond donors (Lipinski definition) is 2. The molecule has 2 rings (SSSR count). The van der Waals surface area contributed by atoms with E-state index < -0.39 is 10.0 Å². The van der Waals surface area contributed by atoms with Crippen molar-refractivity contribution in [2.24, 2.45) is 5.92 Å². The van der Waals surface area contributed by atoms with E-state index >= 15 is 0 Å². The van der Waals surface area contributed by atoms with Gasteiger partial charge in [0.2, 0.25) is 10.0 Å². The Kier molecular flexibility index (Phi) is 5.46. The van der Waals surface area contributed by atoms with Crippen LogP contribution >= 0.6 is 15.9 Å². The molecule has 2 N–H and O–H groups in total. The molecular formula is C15H23BrN2O2S. The number of sulfonamides is 1. The minimum atomic E-state index is -3.51. The number of rotatable bonds is 7. The lowest BCUT2D eigenvalue weighted by Gasteiger charge is -2.18. The molecule has 21 heavy (non-hydrogen) atoms. The highest BCUT2D eigenvalue weighted by Gasteiger charge is 2.23. The molecule has 118 valence electrons. The average molecular weight is 375 g/mol. The normalized spacial score (nSPS) is 17.2. The smallest absolute Gasteiger partial charge is 0.241 e. The van der Waals surface area contributed by atoms with Gasteiger partial charge in [-0.15, -0.1) is 0 Å². The van der Waals surface area contributed by atoms with Gasteiger partial charge in [-0.1, -0.05) is 19.9 Å². The van der Waals surface area contributed by atoms with Crippen molar-refractivity contribution in [3.63, 3.8) is 0 Å². The van der Waals surface area contributed by atoms with Gasteiger partial charge >= 0.3 is 0 Å². The molecule has 0 aromatic heterocycles. The standard InChI is InChI=1S/C15H23BrN2O2S/c1-10(2)11(3)18-21(19,20)15-8-12(4-7-14(15)16)9-17-13-5-6-13/h4,7-8,10-11,13,17-18H,5-6,9H2,1-3H3. The van der Waals surface area contributed by atoms with E-state index in [-0.39, 0.29) is 12.0 Å². The third-order valence-electron chi connectivity index (χ3n) is 3.80. The van der Waals surface area contributed by atoms with Gasteiger partial charge in [-0.2, -0.15) is 0 Å². The predicted octanol–water partition coefficient (Wildman–Crippen LogP) is 3.02. The van der Waals surface area contributed by atoms with Gasteiger partial charge in [0.15, 0.2) is 0 Å². The molecule has 0 heterocycles. The molecule has 1 unspecified atom stereocenters. The molecule has 0 aliphatic heterocycles. The monoisotopic (exact) mass is 374 g/mol. The molecule has 1 saturated carbocycles. The molecule has 1 aliphatic carbocycles. The topological polar surface area (TPSA) is 58.2 Å². The third-order valence-corrected chi connectivity index (χ3v) is 6.35. The van der Waals surface area contributed by atoms with Gasteiger partial charge < -0.3 is 5.32 Å². The second kappa shape index (κ2) is 6.77. The van der Waals surface area contributed by atoms with Gasteiger partial charge in [0, 0.05) is 23.1 Å². The fourth-order valence-corrected chi connectivity index (χ4v) is 4.26. The van der Waals surface area contributed by atoms with Crippen LogP contribution in [0.2, 0.25) is 0 Å². The molecule has 4 nitrogen and oxygen atoms in total. The molecule has 1 aromatic carbocycles. The molecule has 1 fully saturated rings. The zero-order chi connectivity index (χ0) is 15.6. The number of nitrogens with one attached hydrogen (secondary N) is 2. The van der Waals surface area contributed by atoms with Crippen LogP contribution in [0, 0.1) is 5.92 Å². The Morgan fingerprint density at radius 3 is 2.52 bits per heavy atom. The summed E-state index contributed by atoms with van der Waals surface area (Å²) < 4.78 is 28.4. The average Bonchev–Trinajstić information content (AvgIpc) is 3.21. The fraction of sp³-hybridized carbons (Fsp3) is 0.600. The summed E-state index contributed by atoms with van der Waals surface area (Å²) in [6, 6.07) is 6.00. The maximum atomic E-state index is 12.5. The van der Waals surface area contributed by atoms with Gasteiger partial charge in [-0.3, -0.25) is 0 Å². The highest BCUT2D eigenvalue weighted by atomic mass is 79.9. The van der Waals surface area contributed by atoms with E-state index in [4.69, 9.17) is 0 Å². The first-order chi connectivity index (χ1) is 9.79. The molecule has 1 aliphatic rings. The fourth-order valence-electron chi connectivity index (χ4n) is 1.86. The second-order valence-electron chi connectivity index (χ2n) is 6.07. The van der Waals surface area contributed by atoms with Crippen molar-refractivity contribution in [1.82, 2.24) is 10.0 Å². The van der Waals surface area contributed by atoms with Gasteiger partial charge in [-0.05, 0) is 59.3 Å². The Morgan fingerprint density at radius 1 is 1.29 bits per heavy atom. The van der Waals surface area contributed by atoms with Crippen LogP contribution in [0.5, 0.6) is 0 Å². The molecule has 6 heteroatoms. The van der Waals surface area contributed by atoms with E-state index in [9.17, 15) is 8.42 Å². The van der Waals surface area contributed by atoms with Gasteiger partial charge in [0.25, 0.3) is 0 Å². The van der Waals surface area contributed by atoms with E-state index in [2.05, 4.69) is 26.0 Å². The van der Waals surface area contributed by atoms with Crippen LogP contribution in [0.15, 0.2) is 27.6 Å². The van der Waals surface area contributed by atoms with E-state index in [1.807, 2.05) is 26.8 Å². The van der Waals surface area contributed by atoms with Gasteiger partial charge in [-0.25, -0.2) is 13.1 Å². The molecule has 1 aromatic rings. The maximum Gasteiger partial charge on any atom is 0.241 e. The molecule has 0 saturated heterocycles. The highest BCUT2D eigenvalue weighted by molar-refractivity contribution is 9.10. The van der Waals surface area contributed by atoms with Crippen molar-refractivity contribution in [3.8, 4) is 0 Å². The summed E-state index contributed by atoms with van der Waals surface area (Å²) >= 11 is 3.35. The largest absolute Gasteiger partial charge is 0.310 e. The van der Waals surface area contributed by atoms with Crippen molar-refractivity contribution >= 4 is 26.0 Å². The lowest BCUT2D eigenvalue weighted by Crippen LogP contribution is -2.36. The summed E-state index contributed by atoms with van der Waals surface area (Å²) in [6.45, 7) is 6.59.